The molecule has 1 heterocycles. The van der Waals surface area contributed by atoms with Crippen LogP contribution in [0.15, 0.2) is 24.5 Å². The normalized spacial score (nSPS) is 13.0. The van der Waals surface area contributed by atoms with Crippen molar-refractivity contribution in [2.75, 3.05) is 0 Å². The molecule has 0 radical (unpaired) electrons. The second kappa shape index (κ2) is 1.29. The summed E-state index contributed by atoms with van der Waals surface area (Å²) in [6.07, 6.45) is 3.87. The van der Waals surface area contributed by atoms with E-state index in [0.29, 0.717) is 0 Å². The zero-order valence-electron chi connectivity index (χ0n) is 6.31. The van der Waals surface area contributed by atoms with E-state index < -0.39 is 0 Å². The first-order chi connectivity index (χ1) is 5.97. The first-order valence-corrected chi connectivity index (χ1v) is 4.07. The zero-order valence-corrected chi connectivity index (χ0v) is 6.31. The summed E-state index contributed by atoms with van der Waals surface area (Å²) < 4.78 is 0. The topological polar surface area (TPSA) is 31.6 Å². The maximum atomic E-state index is 3.27. The largest absolute Gasteiger partial charge is 0.358 e. The van der Waals surface area contributed by atoms with Crippen molar-refractivity contribution >= 4 is 32.6 Å². The van der Waals surface area contributed by atoms with Crippen molar-refractivity contribution in [1.29, 1.82) is 0 Å². The van der Waals surface area contributed by atoms with E-state index in [0.717, 1.165) is 0 Å². The number of H-pyrrole nitrogens is 2. The summed E-state index contributed by atoms with van der Waals surface area (Å²) >= 11 is 0. The summed E-state index contributed by atoms with van der Waals surface area (Å²) in [7, 11) is 0. The Bertz CT molecular complexity index is 641. The minimum absolute atomic E-state index is 1.25. The van der Waals surface area contributed by atoms with Crippen LogP contribution in [0.3, 0.4) is 0 Å². The van der Waals surface area contributed by atoms with Gasteiger partial charge in [-0.05, 0) is 5.39 Å². The average Bonchev–Trinajstić information content (AvgIpc) is 2.57. The molecular weight excluding hydrogens is 148 g/mol. The van der Waals surface area contributed by atoms with Crippen LogP contribution in [0.5, 0.6) is 0 Å². The predicted octanol–water partition coefficient (Wildman–Crippen LogP) is 2.68. The van der Waals surface area contributed by atoms with Gasteiger partial charge in [-0.1, -0.05) is 12.1 Å². The number of aromatic nitrogens is 2. The van der Waals surface area contributed by atoms with Crippen LogP contribution in [-0.4, -0.2) is 9.97 Å². The number of benzene rings is 2. The second-order valence-corrected chi connectivity index (χ2v) is 3.28. The summed E-state index contributed by atoms with van der Waals surface area (Å²) in [5.41, 5.74) is 2.52. The number of hydrogen-bond donors (Lipinski definition) is 2. The number of aromatic amines is 2. The fraction of sp³-hybridized carbons (Fsp3) is 0. The molecule has 12 heavy (non-hydrogen) atoms. The smallest absolute Gasteiger partial charge is 0.0712 e. The van der Waals surface area contributed by atoms with Crippen molar-refractivity contribution in [2.45, 2.75) is 0 Å². The molecule has 0 saturated heterocycles. The van der Waals surface area contributed by atoms with E-state index in [1.807, 2.05) is 12.4 Å². The molecule has 0 aliphatic carbocycles. The summed E-state index contributed by atoms with van der Waals surface area (Å²) in [6.45, 7) is 0. The summed E-state index contributed by atoms with van der Waals surface area (Å²) in [5, 5.41) is 5.70. The van der Waals surface area contributed by atoms with E-state index >= 15 is 0 Å². The molecule has 56 valence electrons. The van der Waals surface area contributed by atoms with Gasteiger partial charge in [0.05, 0.1) is 11.0 Å². The molecule has 0 saturated carbocycles. The second-order valence-electron chi connectivity index (χ2n) is 3.28. The van der Waals surface area contributed by atoms with Gasteiger partial charge in [0.25, 0.3) is 0 Å². The SMILES string of the molecule is c1c[nH]c2c([nH]1)c1ccc3c1c32. The van der Waals surface area contributed by atoms with Crippen molar-refractivity contribution in [3.8, 4) is 0 Å². The highest BCUT2D eigenvalue weighted by molar-refractivity contribution is 6.46. The standard InChI is InChI=1S/C10H6N2/c1-2-6-7-5(1)8(7)10-9(6)11-3-4-12-10/h1-4,11-12H. The van der Waals surface area contributed by atoms with Crippen LogP contribution in [0, 0.1) is 0 Å². The van der Waals surface area contributed by atoms with Crippen molar-refractivity contribution in [3.05, 3.63) is 24.5 Å². The highest BCUT2D eigenvalue weighted by atomic mass is 14.8. The number of nitrogens with one attached hydrogen (secondary N) is 2. The monoisotopic (exact) mass is 154 g/mol. The minimum atomic E-state index is 1.25. The molecule has 0 bridgehead atoms. The van der Waals surface area contributed by atoms with Crippen LogP contribution in [0.4, 0.5) is 0 Å². The molecule has 0 atom stereocenters. The van der Waals surface area contributed by atoms with Gasteiger partial charge < -0.3 is 9.97 Å². The van der Waals surface area contributed by atoms with Crippen molar-refractivity contribution in [3.63, 3.8) is 0 Å². The maximum absolute atomic E-state index is 3.27. The van der Waals surface area contributed by atoms with Gasteiger partial charge in [-0.15, -0.1) is 0 Å². The van der Waals surface area contributed by atoms with Crippen LogP contribution >= 0.6 is 0 Å². The first-order valence-electron chi connectivity index (χ1n) is 4.07. The lowest BCUT2D eigenvalue weighted by molar-refractivity contribution is 1.32. The fourth-order valence-corrected chi connectivity index (χ4v) is 2.17. The fourth-order valence-electron chi connectivity index (χ4n) is 2.17. The molecule has 0 unspecified atom stereocenters. The number of hydrogen-bond acceptors (Lipinski definition) is 0. The predicted molar refractivity (Wildman–Crippen MR) is 50.0 cm³/mol. The lowest BCUT2D eigenvalue weighted by Crippen LogP contribution is -1.75. The van der Waals surface area contributed by atoms with Crippen molar-refractivity contribution in [1.82, 2.24) is 9.97 Å². The van der Waals surface area contributed by atoms with Gasteiger partial charge in [0.15, 0.2) is 0 Å². The van der Waals surface area contributed by atoms with Crippen LogP contribution in [0.1, 0.15) is 0 Å². The van der Waals surface area contributed by atoms with Crippen LogP contribution in [-0.2, 0) is 0 Å². The molecule has 0 fully saturated rings. The molecule has 0 aliphatic rings. The van der Waals surface area contributed by atoms with E-state index in [1.54, 1.807) is 0 Å². The van der Waals surface area contributed by atoms with Crippen molar-refractivity contribution < 1.29 is 0 Å². The average molecular weight is 154 g/mol. The van der Waals surface area contributed by atoms with E-state index in [4.69, 9.17) is 0 Å². The molecule has 4 rings (SSSR count). The molecule has 3 aromatic carbocycles. The Labute approximate surface area is 67.9 Å². The molecule has 4 aromatic rings. The Balaban J connectivity index is 2.57. The highest BCUT2D eigenvalue weighted by Crippen LogP contribution is 2.48. The third-order valence-corrected chi connectivity index (χ3v) is 2.72. The molecule has 2 heteroatoms. The Morgan fingerprint density at radius 3 is 2.42 bits per heavy atom. The molecule has 2 N–H and O–H groups in total. The zero-order chi connectivity index (χ0) is 7.71. The van der Waals surface area contributed by atoms with Gasteiger partial charge in [-0.25, -0.2) is 0 Å². The number of rotatable bonds is 0. The molecular formula is C10H6N2. The molecule has 0 amide bonds. The molecule has 1 aromatic heterocycles. The Hall–Kier alpha value is -1.70. The third kappa shape index (κ3) is 0.336. The van der Waals surface area contributed by atoms with Gasteiger partial charge in [-0.3, -0.25) is 0 Å². The maximum Gasteiger partial charge on any atom is 0.0712 e. The van der Waals surface area contributed by atoms with Gasteiger partial charge in [0.2, 0.25) is 0 Å². The van der Waals surface area contributed by atoms with Gasteiger partial charge in [-0.2, -0.15) is 0 Å². The highest BCUT2D eigenvalue weighted by Gasteiger charge is 2.22. The van der Waals surface area contributed by atoms with E-state index in [-0.39, 0.29) is 0 Å². The quantitative estimate of drug-likeness (QED) is 0.390. The Morgan fingerprint density at radius 2 is 1.50 bits per heavy atom. The van der Waals surface area contributed by atoms with Gasteiger partial charge >= 0.3 is 0 Å². The van der Waals surface area contributed by atoms with E-state index in [9.17, 15) is 0 Å². The van der Waals surface area contributed by atoms with Crippen LogP contribution in [0.25, 0.3) is 32.6 Å². The minimum Gasteiger partial charge on any atom is -0.358 e. The van der Waals surface area contributed by atoms with Crippen LogP contribution < -0.4 is 0 Å². The molecule has 0 spiro atoms. The third-order valence-electron chi connectivity index (χ3n) is 2.72. The molecule has 0 aliphatic heterocycles. The summed E-state index contributed by atoms with van der Waals surface area (Å²) in [6, 6.07) is 4.38. The lowest BCUT2D eigenvalue weighted by atomic mass is 10.3. The number of fused-ring (bicyclic) bond motifs is 4. The molecule has 2 nitrogen and oxygen atoms in total. The lowest BCUT2D eigenvalue weighted by Gasteiger charge is -1.90. The Kier molecular flexibility index (Phi) is 0.541. The first kappa shape index (κ1) is 5.04. The summed E-state index contributed by atoms with van der Waals surface area (Å²) in [4.78, 5) is 6.53. The van der Waals surface area contributed by atoms with Gasteiger partial charge in [0.1, 0.15) is 0 Å². The summed E-state index contributed by atoms with van der Waals surface area (Å²) in [5.74, 6) is 0. The van der Waals surface area contributed by atoms with E-state index in [1.165, 1.54) is 32.6 Å². The Morgan fingerprint density at radius 1 is 0.750 bits per heavy atom. The van der Waals surface area contributed by atoms with Crippen molar-refractivity contribution in [2.24, 2.45) is 0 Å². The van der Waals surface area contributed by atoms with E-state index in [2.05, 4.69) is 22.1 Å². The van der Waals surface area contributed by atoms with Gasteiger partial charge in [0, 0.05) is 28.6 Å². The van der Waals surface area contributed by atoms with Crippen LogP contribution in [0.2, 0.25) is 0 Å².